The zero-order chi connectivity index (χ0) is 18.1. The number of hydrogen-bond acceptors (Lipinski definition) is 3. The number of carbonyl (C=O) groups excluding carboxylic acids is 1. The van der Waals surface area contributed by atoms with Crippen LogP contribution in [0.5, 0.6) is 0 Å². The number of benzene rings is 2. The Hall–Kier alpha value is -2.53. The van der Waals surface area contributed by atoms with Gasteiger partial charge in [-0.2, -0.15) is 0 Å². The Kier molecular flexibility index (Phi) is 4.55. The van der Waals surface area contributed by atoms with Crippen LogP contribution in [0.3, 0.4) is 0 Å². The fourth-order valence-corrected chi connectivity index (χ4v) is 4.52. The van der Waals surface area contributed by atoms with E-state index in [2.05, 4.69) is 47.6 Å². The number of amides is 1. The highest BCUT2D eigenvalue weighted by molar-refractivity contribution is 8.01. The third kappa shape index (κ3) is 3.40. The first-order chi connectivity index (χ1) is 12.6. The summed E-state index contributed by atoms with van der Waals surface area (Å²) in [4.78, 5) is 18.0. The fourth-order valence-electron chi connectivity index (χ4n) is 3.22. The molecule has 132 valence electrons. The molecule has 2 aromatic carbocycles. The molecule has 0 fully saturated rings. The number of nitrogens with one attached hydrogen (secondary N) is 1. The topological polar surface area (TPSA) is 46.9 Å². The monoisotopic (exact) mass is 363 g/mol. The van der Waals surface area contributed by atoms with E-state index in [9.17, 15) is 4.79 Å². The molecule has 1 aliphatic heterocycles. The van der Waals surface area contributed by atoms with Crippen molar-refractivity contribution in [3.05, 3.63) is 77.9 Å². The lowest BCUT2D eigenvalue weighted by Gasteiger charge is -2.17. The Morgan fingerprint density at radius 2 is 2.08 bits per heavy atom. The van der Waals surface area contributed by atoms with Crippen LogP contribution in [0.2, 0.25) is 0 Å². The highest BCUT2D eigenvalue weighted by Crippen LogP contribution is 2.37. The first kappa shape index (κ1) is 16.9. The van der Waals surface area contributed by atoms with E-state index >= 15 is 0 Å². The van der Waals surface area contributed by atoms with Crippen LogP contribution >= 0.6 is 11.8 Å². The van der Waals surface area contributed by atoms with Crippen LogP contribution in [-0.4, -0.2) is 20.7 Å². The van der Waals surface area contributed by atoms with Gasteiger partial charge in [-0.3, -0.25) is 4.79 Å². The van der Waals surface area contributed by atoms with Crippen molar-refractivity contribution in [2.45, 2.75) is 36.5 Å². The van der Waals surface area contributed by atoms with Crippen LogP contribution in [-0.2, 0) is 11.2 Å². The molecular weight excluding hydrogens is 342 g/mol. The Bertz CT molecular complexity index is 919. The average Bonchev–Trinajstić information content (AvgIpc) is 3.31. The molecule has 26 heavy (non-hydrogen) atoms. The van der Waals surface area contributed by atoms with Gasteiger partial charge in [-0.1, -0.05) is 29.8 Å². The number of fused-ring (bicyclic) bond motifs is 1. The van der Waals surface area contributed by atoms with E-state index in [1.165, 1.54) is 16.0 Å². The van der Waals surface area contributed by atoms with E-state index in [0.717, 1.165) is 17.7 Å². The largest absolute Gasteiger partial charge is 0.349 e. The summed E-state index contributed by atoms with van der Waals surface area (Å²) in [5.41, 5.74) is 4.67. The van der Waals surface area contributed by atoms with Crippen molar-refractivity contribution in [1.29, 1.82) is 0 Å². The molecule has 0 radical (unpaired) electrons. The van der Waals surface area contributed by atoms with Gasteiger partial charge in [0.2, 0.25) is 5.91 Å². The van der Waals surface area contributed by atoms with E-state index in [-0.39, 0.29) is 17.2 Å². The lowest BCUT2D eigenvalue weighted by Crippen LogP contribution is -2.34. The number of nitrogens with zero attached hydrogens (tertiary/aromatic N) is 2. The predicted molar refractivity (Wildman–Crippen MR) is 105 cm³/mol. The summed E-state index contributed by atoms with van der Waals surface area (Å²) >= 11 is 1.67. The summed E-state index contributed by atoms with van der Waals surface area (Å²) in [5, 5.41) is 3.12. The second-order valence-electron chi connectivity index (χ2n) is 6.71. The molecule has 1 aromatic heterocycles. The summed E-state index contributed by atoms with van der Waals surface area (Å²) in [6, 6.07) is 14.6. The number of aryl methyl sites for hydroxylation is 1. The summed E-state index contributed by atoms with van der Waals surface area (Å²) < 4.78 is 1.96. The molecule has 2 heterocycles. The normalized spacial score (nSPS) is 16.9. The lowest BCUT2D eigenvalue weighted by atomic mass is 10.1. The Morgan fingerprint density at radius 3 is 2.81 bits per heavy atom. The van der Waals surface area contributed by atoms with E-state index in [4.69, 9.17) is 0 Å². The van der Waals surface area contributed by atoms with Gasteiger partial charge in [0.25, 0.3) is 0 Å². The molecule has 4 rings (SSSR count). The van der Waals surface area contributed by atoms with Crippen LogP contribution in [0.4, 0.5) is 0 Å². The quantitative estimate of drug-likeness (QED) is 0.760. The first-order valence-electron chi connectivity index (χ1n) is 8.75. The molecule has 5 heteroatoms. The highest BCUT2D eigenvalue weighted by atomic mass is 32.2. The van der Waals surface area contributed by atoms with Crippen LogP contribution in [0.25, 0.3) is 5.69 Å². The number of hydrogen-bond donors (Lipinski definition) is 1. The fraction of sp³-hybridized carbons (Fsp3) is 0.238. The van der Waals surface area contributed by atoms with Crippen LogP contribution in [0, 0.1) is 6.92 Å². The minimum Gasteiger partial charge on any atom is -0.349 e. The zero-order valence-corrected chi connectivity index (χ0v) is 15.7. The van der Waals surface area contributed by atoms with Crippen molar-refractivity contribution in [2.24, 2.45) is 0 Å². The number of aromatic nitrogens is 2. The molecule has 0 saturated carbocycles. The lowest BCUT2D eigenvalue weighted by molar-refractivity contribution is -0.121. The minimum atomic E-state index is -0.0422. The van der Waals surface area contributed by atoms with Crippen molar-refractivity contribution in [1.82, 2.24) is 14.9 Å². The molecule has 1 N–H and O–H groups in total. The van der Waals surface area contributed by atoms with Crippen LogP contribution < -0.4 is 5.32 Å². The van der Waals surface area contributed by atoms with Gasteiger partial charge < -0.3 is 9.88 Å². The SMILES string of the molecule is Cc1ccc2c(c1)S[C@H](C(=O)N[C@H](C)c1ccc(-n3ccnc3)cc1)C2. The Morgan fingerprint density at radius 1 is 1.27 bits per heavy atom. The molecule has 0 bridgehead atoms. The average molecular weight is 363 g/mol. The van der Waals surface area contributed by atoms with Crippen molar-refractivity contribution in [3.8, 4) is 5.69 Å². The maximum atomic E-state index is 12.7. The zero-order valence-electron chi connectivity index (χ0n) is 14.8. The van der Waals surface area contributed by atoms with Crippen molar-refractivity contribution >= 4 is 17.7 Å². The Balaban J connectivity index is 1.40. The first-order valence-corrected chi connectivity index (χ1v) is 9.63. The van der Waals surface area contributed by atoms with Crippen molar-refractivity contribution in [3.63, 3.8) is 0 Å². The van der Waals surface area contributed by atoms with E-state index in [0.29, 0.717) is 0 Å². The van der Waals surface area contributed by atoms with Gasteiger partial charge in [0.1, 0.15) is 0 Å². The number of imidazole rings is 1. The summed E-state index contributed by atoms with van der Waals surface area (Å²) in [6.45, 7) is 4.12. The molecule has 0 unspecified atom stereocenters. The van der Waals surface area contributed by atoms with Gasteiger partial charge >= 0.3 is 0 Å². The van der Waals surface area contributed by atoms with Gasteiger partial charge in [0, 0.05) is 23.0 Å². The smallest absolute Gasteiger partial charge is 0.234 e. The predicted octanol–water partition coefficient (Wildman–Crippen LogP) is 4.07. The molecule has 1 aliphatic rings. The second kappa shape index (κ2) is 7.00. The van der Waals surface area contributed by atoms with E-state index in [1.54, 1.807) is 24.3 Å². The molecule has 2 atom stereocenters. The molecule has 3 aromatic rings. The third-order valence-corrected chi connectivity index (χ3v) is 6.04. The number of rotatable bonds is 4. The summed E-state index contributed by atoms with van der Waals surface area (Å²) in [6.07, 6.45) is 6.25. The molecule has 0 saturated heterocycles. The van der Waals surface area contributed by atoms with E-state index in [1.807, 2.05) is 29.8 Å². The standard InChI is InChI=1S/C21H21N3OS/c1-14-3-4-17-12-20(26-19(17)11-14)21(25)23-15(2)16-5-7-18(8-6-16)24-10-9-22-13-24/h3-11,13,15,20H,12H2,1-2H3,(H,23,25)/t15-,20+/m1/s1. The molecule has 0 aliphatic carbocycles. The van der Waals surface area contributed by atoms with Crippen molar-refractivity contribution < 1.29 is 4.79 Å². The highest BCUT2D eigenvalue weighted by Gasteiger charge is 2.29. The van der Waals surface area contributed by atoms with Gasteiger partial charge in [-0.15, -0.1) is 11.8 Å². The van der Waals surface area contributed by atoms with Gasteiger partial charge in [-0.25, -0.2) is 4.98 Å². The van der Waals surface area contributed by atoms with Gasteiger partial charge in [0.05, 0.1) is 17.6 Å². The minimum absolute atomic E-state index is 0.0228. The number of carbonyl (C=O) groups is 1. The maximum Gasteiger partial charge on any atom is 0.234 e. The van der Waals surface area contributed by atoms with Gasteiger partial charge in [-0.05, 0) is 49.6 Å². The van der Waals surface area contributed by atoms with Crippen molar-refractivity contribution in [2.75, 3.05) is 0 Å². The van der Waals surface area contributed by atoms with E-state index < -0.39 is 0 Å². The second-order valence-corrected chi connectivity index (χ2v) is 7.96. The molecular formula is C21H21N3OS. The number of thioether (sulfide) groups is 1. The summed E-state index contributed by atoms with van der Waals surface area (Å²) in [7, 11) is 0. The van der Waals surface area contributed by atoms with Crippen LogP contribution in [0.1, 0.15) is 29.7 Å². The molecule has 0 spiro atoms. The summed E-state index contributed by atoms with van der Waals surface area (Å²) in [5.74, 6) is 0.107. The van der Waals surface area contributed by atoms with Gasteiger partial charge in [0.15, 0.2) is 0 Å². The van der Waals surface area contributed by atoms with Crippen LogP contribution in [0.15, 0.2) is 66.1 Å². The molecule has 4 nitrogen and oxygen atoms in total. The Labute approximate surface area is 157 Å². The maximum absolute atomic E-state index is 12.7. The third-order valence-electron chi connectivity index (χ3n) is 4.74. The molecule has 1 amide bonds.